The summed E-state index contributed by atoms with van der Waals surface area (Å²) in [5, 5.41) is 5.98. The lowest BCUT2D eigenvalue weighted by molar-refractivity contribution is -0.129. The maximum Gasteiger partial charge on any atom is 0.232 e. The normalized spacial score (nSPS) is 15.0. The molecule has 0 aliphatic carbocycles. The van der Waals surface area contributed by atoms with Crippen LogP contribution in [0.5, 0.6) is 0 Å². The third-order valence-electron chi connectivity index (χ3n) is 3.27. The number of nitrogens with zero attached hydrogens (tertiary/aromatic N) is 1. The third-order valence-corrected chi connectivity index (χ3v) is 4.19. The fourth-order valence-corrected chi connectivity index (χ4v) is 2.85. The van der Waals surface area contributed by atoms with Crippen LogP contribution in [0, 0.1) is 0 Å². The van der Waals surface area contributed by atoms with Crippen LogP contribution >= 0.6 is 11.8 Å². The summed E-state index contributed by atoms with van der Waals surface area (Å²) in [6.07, 6.45) is 3.43. The summed E-state index contributed by atoms with van der Waals surface area (Å²) in [6, 6.07) is 0. The van der Waals surface area contributed by atoms with Crippen LogP contribution < -0.4 is 10.6 Å². The fourth-order valence-electron chi connectivity index (χ4n) is 2.11. The van der Waals surface area contributed by atoms with Crippen molar-refractivity contribution < 1.29 is 14.3 Å². The van der Waals surface area contributed by atoms with E-state index >= 15 is 0 Å². The van der Waals surface area contributed by atoms with Crippen molar-refractivity contribution in [1.29, 1.82) is 0 Å². The van der Waals surface area contributed by atoms with E-state index in [-0.39, 0.29) is 11.8 Å². The lowest BCUT2D eigenvalue weighted by Crippen LogP contribution is -2.37. The number of nitrogens with one attached hydrogen (secondary N) is 2. The number of carbonyl (C=O) groups is 2. The van der Waals surface area contributed by atoms with Crippen LogP contribution in [0.25, 0.3) is 0 Å². The molecule has 0 aromatic heterocycles. The zero-order valence-electron chi connectivity index (χ0n) is 12.9. The average Bonchev–Trinajstić information content (AvgIpc) is 2.51. The van der Waals surface area contributed by atoms with E-state index in [2.05, 4.69) is 10.6 Å². The molecule has 1 aliphatic heterocycles. The van der Waals surface area contributed by atoms with Gasteiger partial charge < -0.3 is 20.3 Å². The number of methoxy groups -OCH3 is 1. The average molecular weight is 317 g/mol. The molecule has 21 heavy (non-hydrogen) atoms. The van der Waals surface area contributed by atoms with E-state index in [1.54, 1.807) is 7.11 Å². The summed E-state index contributed by atoms with van der Waals surface area (Å²) in [6.45, 7) is 4.53. The predicted molar refractivity (Wildman–Crippen MR) is 85.5 cm³/mol. The Balaban J connectivity index is 1.96. The fraction of sp³-hybridized carbons (Fsp3) is 0.857. The van der Waals surface area contributed by atoms with E-state index < -0.39 is 0 Å². The van der Waals surface area contributed by atoms with Crippen molar-refractivity contribution in [3.8, 4) is 0 Å². The van der Waals surface area contributed by atoms with Crippen LogP contribution in [-0.4, -0.2) is 74.7 Å². The third kappa shape index (κ3) is 8.95. The molecule has 0 aromatic rings. The number of rotatable bonds is 10. The Morgan fingerprint density at radius 3 is 2.57 bits per heavy atom. The number of hydrogen-bond acceptors (Lipinski definition) is 5. The van der Waals surface area contributed by atoms with Crippen LogP contribution in [-0.2, 0) is 14.3 Å². The Hall–Kier alpha value is -0.790. The summed E-state index contributed by atoms with van der Waals surface area (Å²) in [4.78, 5) is 25.4. The second-order valence-corrected chi connectivity index (χ2v) is 6.01. The summed E-state index contributed by atoms with van der Waals surface area (Å²) in [7, 11) is 1.66. The molecule has 0 spiro atoms. The van der Waals surface area contributed by atoms with Gasteiger partial charge in [0.1, 0.15) is 0 Å². The number of likely N-dealkylation sites (tertiary alicyclic amines) is 1. The molecular formula is C14H27N3O3S. The molecule has 0 saturated carbocycles. The maximum absolute atomic E-state index is 11.9. The topological polar surface area (TPSA) is 70.7 Å². The molecule has 1 saturated heterocycles. The van der Waals surface area contributed by atoms with Gasteiger partial charge in [0.2, 0.25) is 11.8 Å². The van der Waals surface area contributed by atoms with Crippen molar-refractivity contribution in [3.05, 3.63) is 0 Å². The van der Waals surface area contributed by atoms with Crippen molar-refractivity contribution in [2.75, 3.05) is 57.9 Å². The molecule has 1 heterocycles. The largest absolute Gasteiger partial charge is 0.383 e. The molecule has 1 rings (SSSR count). The zero-order valence-corrected chi connectivity index (χ0v) is 13.7. The van der Waals surface area contributed by atoms with Gasteiger partial charge in [-0.2, -0.15) is 0 Å². The van der Waals surface area contributed by atoms with E-state index in [1.807, 2.05) is 4.90 Å². The molecule has 0 atom stereocenters. The number of hydrogen-bond donors (Lipinski definition) is 2. The Kier molecular flexibility index (Phi) is 10.3. The van der Waals surface area contributed by atoms with Gasteiger partial charge in [-0.05, 0) is 19.3 Å². The highest BCUT2D eigenvalue weighted by Gasteiger charge is 2.16. The van der Waals surface area contributed by atoms with E-state index in [1.165, 1.54) is 18.2 Å². The van der Waals surface area contributed by atoms with Crippen molar-refractivity contribution >= 4 is 23.6 Å². The standard InChI is InChI=1S/C14H27N3O3S/c1-20-10-7-15-5-6-16-13(18)11-21-12-14(19)17-8-3-2-4-9-17/h15H,2-12H2,1H3,(H,16,18). The molecule has 122 valence electrons. The smallest absolute Gasteiger partial charge is 0.232 e. The van der Waals surface area contributed by atoms with Gasteiger partial charge in [0, 0.05) is 39.8 Å². The lowest BCUT2D eigenvalue weighted by atomic mass is 10.1. The maximum atomic E-state index is 11.9. The molecule has 6 nitrogen and oxygen atoms in total. The van der Waals surface area contributed by atoms with Gasteiger partial charge >= 0.3 is 0 Å². The minimum Gasteiger partial charge on any atom is -0.383 e. The number of carbonyl (C=O) groups excluding carboxylic acids is 2. The van der Waals surface area contributed by atoms with Crippen LogP contribution in [0.4, 0.5) is 0 Å². The van der Waals surface area contributed by atoms with Crippen LogP contribution in [0.15, 0.2) is 0 Å². The first-order chi connectivity index (χ1) is 10.2. The molecule has 0 bridgehead atoms. The molecule has 2 N–H and O–H groups in total. The van der Waals surface area contributed by atoms with E-state index in [4.69, 9.17) is 4.74 Å². The van der Waals surface area contributed by atoms with Crippen molar-refractivity contribution in [2.45, 2.75) is 19.3 Å². The summed E-state index contributed by atoms with van der Waals surface area (Å²) >= 11 is 1.39. The van der Waals surface area contributed by atoms with Crippen LogP contribution in [0.1, 0.15) is 19.3 Å². The lowest BCUT2D eigenvalue weighted by Gasteiger charge is -2.26. The second kappa shape index (κ2) is 11.8. The Bertz CT molecular complexity index is 310. The van der Waals surface area contributed by atoms with Crippen LogP contribution in [0.2, 0.25) is 0 Å². The van der Waals surface area contributed by atoms with Gasteiger partial charge in [0.15, 0.2) is 0 Å². The summed E-state index contributed by atoms with van der Waals surface area (Å²) in [5.74, 6) is 0.894. The highest BCUT2D eigenvalue weighted by Crippen LogP contribution is 2.11. The first kappa shape index (κ1) is 18.3. The Morgan fingerprint density at radius 2 is 1.86 bits per heavy atom. The molecule has 0 radical (unpaired) electrons. The van der Waals surface area contributed by atoms with E-state index in [9.17, 15) is 9.59 Å². The number of amides is 2. The Labute approximate surface area is 131 Å². The molecule has 7 heteroatoms. The van der Waals surface area contributed by atoms with E-state index in [0.29, 0.717) is 24.7 Å². The molecule has 0 unspecified atom stereocenters. The van der Waals surface area contributed by atoms with Gasteiger partial charge in [-0.1, -0.05) is 0 Å². The van der Waals surface area contributed by atoms with Crippen molar-refractivity contribution in [3.63, 3.8) is 0 Å². The highest BCUT2D eigenvalue weighted by molar-refractivity contribution is 8.00. The summed E-state index contributed by atoms with van der Waals surface area (Å²) in [5.41, 5.74) is 0. The van der Waals surface area contributed by atoms with Crippen molar-refractivity contribution in [1.82, 2.24) is 15.5 Å². The minimum atomic E-state index is -0.0139. The van der Waals surface area contributed by atoms with Crippen LogP contribution in [0.3, 0.4) is 0 Å². The highest BCUT2D eigenvalue weighted by atomic mass is 32.2. The van der Waals surface area contributed by atoms with E-state index in [0.717, 1.165) is 39.0 Å². The minimum absolute atomic E-state index is 0.0139. The number of piperidine rings is 1. The predicted octanol–water partition coefficient (Wildman–Crippen LogP) is 0.0843. The Morgan fingerprint density at radius 1 is 1.10 bits per heavy atom. The molecular weight excluding hydrogens is 290 g/mol. The SMILES string of the molecule is COCCNCCNC(=O)CSCC(=O)N1CCCCC1. The second-order valence-electron chi connectivity index (χ2n) is 5.03. The zero-order chi connectivity index (χ0) is 15.3. The molecule has 1 fully saturated rings. The number of thioether (sulfide) groups is 1. The molecule has 2 amide bonds. The van der Waals surface area contributed by atoms with Gasteiger partial charge in [-0.25, -0.2) is 0 Å². The summed E-state index contributed by atoms with van der Waals surface area (Å²) < 4.78 is 4.91. The molecule has 0 aromatic carbocycles. The quantitative estimate of drug-likeness (QED) is 0.559. The van der Waals surface area contributed by atoms with Crippen molar-refractivity contribution in [2.24, 2.45) is 0 Å². The monoisotopic (exact) mass is 317 g/mol. The molecule has 1 aliphatic rings. The first-order valence-electron chi connectivity index (χ1n) is 7.56. The first-order valence-corrected chi connectivity index (χ1v) is 8.71. The van der Waals surface area contributed by atoms with Gasteiger partial charge in [-0.3, -0.25) is 9.59 Å². The van der Waals surface area contributed by atoms with Gasteiger partial charge in [-0.15, -0.1) is 11.8 Å². The number of ether oxygens (including phenoxy) is 1. The van der Waals surface area contributed by atoms with Gasteiger partial charge in [0.25, 0.3) is 0 Å². The van der Waals surface area contributed by atoms with Gasteiger partial charge in [0.05, 0.1) is 18.1 Å².